The zero-order chi connectivity index (χ0) is 13.2. The number of pyridine rings is 1. The minimum atomic E-state index is -5.01. The second-order valence-corrected chi connectivity index (χ2v) is 3.83. The molecule has 0 aromatic carbocycles. The number of hydrogen-bond acceptors (Lipinski definition) is 3. The maximum atomic E-state index is 12.4. The first-order valence-corrected chi connectivity index (χ1v) is 5.07. The fraction of sp³-hybridized carbons (Fsp3) is 0.250. The Labute approximate surface area is 106 Å². The number of halogens is 5. The number of nitrogens with zero attached hydrogens (tertiary/aromatic N) is 1. The number of aromatic carboxylic acids is 1. The fourth-order valence-electron chi connectivity index (χ4n) is 0.972. The Morgan fingerprint density at radius 3 is 2.53 bits per heavy atom. The quantitative estimate of drug-likeness (QED) is 0.661. The molecule has 0 amide bonds. The Bertz CT molecular complexity index is 449. The molecule has 0 aliphatic rings. The molecule has 0 bridgehead atoms. The maximum absolute atomic E-state index is 12.4. The zero-order valence-corrected chi connectivity index (χ0v) is 10.0. The van der Waals surface area contributed by atoms with Crippen molar-refractivity contribution in [3.63, 3.8) is 0 Å². The van der Waals surface area contributed by atoms with E-state index in [1.165, 1.54) is 22.6 Å². The summed E-state index contributed by atoms with van der Waals surface area (Å²) in [6, 6.07) is 0.594. The molecule has 0 atom stereocenters. The van der Waals surface area contributed by atoms with Crippen LogP contribution in [0, 0.1) is 3.57 Å². The molecular weight excluding hydrogens is 361 g/mol. The molecule has 0 saturated carbocycles. The smallest absolute Gasteiger partial charge is 0.478 e. The average molecular weight is 365 g/mol. The van der Waals surface area contributed by atoms with Gasteiger partial charge in [-0.15, -0.1) is 13.2 Å². The molecule has 1 heterocycles. The monoisotopic (exact) mass is 365 g/mol. The van der Waals surface area contributed by atoms with E-state index in [1.54, 1.807) is 0 Å². The summed E-state index contributed by atoms with van der Waals surface area (Å²) in [7, 11) is 0. The van der Waals surface area contributed by atoms with E-state index in [0.717, 1.165) is 0 Å². The third kappa shape index (κ3) is 3.68. The minimum absolute atomic E-state index is 0.0628. The minimum Gasteiger partial charge on any atom is -0.478 e. The third-order valence-electron chi connectivity index (χ3n) is 1.58. The maximum Gasteiger partial charge on any atom is 0.574 e. The lowest BCUT2D eigenvalue weighted by atomic mass is 10.2. The molecule has 0 unspecified atom stereocenters. The Morgan fingerprint density at radius 1 is 1.53 bits per heavy atom. The van der Waals surface area contributed by atoms with Gasteiger partial charge >= 0.3 is 12.3 Å². The van der Waals surface area contributed by atoms with E-state index in [2.05, 4.69) is 9.72 Å². The second kappa shape index (κ2) is 5.02. The first-order valence-electron chi connectivity index (χ1n) is 3.99. The zero-order valence-electron chi connectivity index (χ0n) is 7.89. The first-order chi connectivity index (χ1) is 7.74. The number of hydrogen-bond donors (Lipinski definition) is 1. The molecule has 4 nitrogen and oxygen atoms in total. The van der Waals surface area contributed by atoms with Gasteiger partial charge in [0.25, 0.3) is 0 Å². The van der Waals surface area contributed by atoms with Crippen LogP contribution in [0.5, 0.6) is 5.88 Å². The van der Waals surface area contributed by atoms with Gasteiger partial charge in [0.15, 0.2) is 0 Å². The van der Waals surface area contributed by atoms with Crippen molar-refractivity contribution in [2.24, 2.45) is 0 Å². The highest BCUT2D eigenvalue weighted by atomic mass is 127. The lowest BCUT2D eigenvalue weighted by molar-refractivity contribution is -0.276. The van der Waals surface area contributed by atoms with E-state index in [1.807, 2.05) is 0 Å². The van der Waals surface area contributed by atoms with Gasteiger partial charge in [-0.3, -0.25) is 0 Å². The van der Waals surface area contributed by atoms with Crippen molar-refractivity contribution in [3.05, 3.63) is 20.9 Å². The standard InChI is InChI=1S/C8H4F4INO3/c9-2-4-6(13)3(7(15)16)1-5(14-4)17-8(10,11)12/h1H,2H2,(H,15,16). The lowest BCUT2D eigenvalue weighted by Gasteiger charge is -2.10. The fourth-order valence-corrected chi connectivity index (χ4v) is 1.62. The van der Waals surface area contributed by atoms with Gasteiger partial charge in [0, 0.05) is 6.07 Å². The topological polar surface area (TPSA) is 59.4 Å². The predicted molar refractivity (Wildman–Crippen MR) is 55.4 cm³/mol. The van der Waals surface area contributed by atoms with Crippen molar-refractivity contribution in [2.45, 2.75) is 13.0 Å². The molecule has 0 aliphatic heterocycles. The number of carboxylic acids is 1. The van der Waals surface area contributed by atoms with Crippen molar-refractivity contribution in [3.8, 4) is 5.88 Å². The molecule has 1 N–H and O–H groups in total. The normalized spacial score (nSPS) is 11.4. The third-order valence-corrected chi connectivity index (χ3v) is 2.78. The van der Waals surface area contributed by atoms with Crippen LogP contribution < -0.4 is 4.74 Å². The predicted octanol–water partition coefficient (Wildman–Crippen LogP) is 2.75. The van der Waals surface area contributed by atoms with E-state index in [0.29, 0.717) is 6.07 Å². The summed E-state index contributed by atoms with van der Waals surface area (Å²) in [5.74, 6) is -2.48. The van der Waals surface area contributed by atoms with Crippen LogP contribution in [0.15, 0.2) is 6.07 Å². The van der Waals surface area contributed by atoms with E-state index < -0.39 is 36.1 Å². The molecule has 9 heteroatoms. The summed E-state index contributed by atoms with van der Waals surface area (Å²) in [5, 5.41) is 8.72. The van der Waals surface area contributed by atoms with Gasteiger partial charge in [-0.1, -0.05) is 0 Å². The Hall–Kier alpha value is -1.13. The van der Waals surface area contributed by atoms with Crippen LogP contribution in [0.3, 0.4) is 0 Å². The van der Waals surface area contributed by atoms with Gasteiger partial charge in [0.1, 0.15) is 6.67 Å². The number of carbonyl (C=O) groups is 1. The van der Waals surface area contributed by atoms with Crippen molar-refractivity contribution in [2.75, 3.05) is 0 Å². The van der Waals surface area contributed by atoms with Gasteiger partial charge < -0.3 is 9.84 Å². The number of rotatable bonds is 3. The second-order valence-electron chi connectivity index (χ2n) is 2.76. The molecular formula is C8H4F4INO3. The van der Waals surface area contributed by atoms with Crippen LogP contribution in [-0.2, 0) is 6.67 Å². The lowest BCUT2D eigenvalue weighted by Crippen LogP contribution is -2.19. The molecule has 17 heavy (non-hydrogen) atoms. The molecule has 1 aromatic heterocycles. The summed E-state index contributed by atoms with van der Waals surface area (Å²) in [5.41, 5.74) is -0.905. The van der Waals surface area contributed by atoms with Crippen LogP contribution in [0.4, 0.5) is 17.6 Å². The largest absolute Gasteiger partial charge is 0.574 e. The molecule has 0 spiro atoms. The van der Waals surface area contributed by atoms with Gasteiger partial charge in [0.2, 0.25) is 5.88 Å². The molecule has 0 aliphatic carbocycles. The number of ether oxygens (including phenoxy) is 1. The molecule has 1 aromatic rings. The summed E-state index contributed by atoms with van der Waals surface area (Å²) < 4.78 is 51.5. The van der Waals surface area contributed by atoms with Crippen LogP contribution in [-0.4, -0.2) is 22.4 Å². The van der Waals surface area contributed by atoms with Crippen molar-refractivity contribution < 1.29 is 32.2 Å². The van der Waals surface area contributed by atoms with E-state index >= 15 is 0 Å². The van der Waals surface area contributed by atoms with Gasteiger partial charge in [-0.25, -0.2) is 14.2 Å². The van der Waals surface area contributed by atoms with Crippen LogP contribution >= 0.6 is 22.6 Å². The average Bonchev–Trinajstić information content (AvgIpc) is 2.17. The Balaban J connectivity index is 3.25. The van der Waals surface area contributed by atoms with Gasteiger partial charge in [0.05, 0.1) is 14.8 Å². The number of aromatic nitrogens is 1. The summed E-state index contributed by atoms with van der Waals surface area (Å²) in [6.45, 7) is -1.19. The molecule has 1 rings (SSSR count). The van der Waals surface area contributed by atoms with E-state index in [4.69, 9.17) is 5.11 Å². The summed E-state index contributed by atoms with van der Waals surface area (Å²) in [4.78, 5) is 13.9. The Morgan fingerprint density at radius 2 is 2.12 bits per heavy atom. The first kappa shape index (κ1) is 13.9. The highest BCUT2D eigenvalue weighted by Crippen LogP contribution is 2.26. The number of alkyl halides is 4. The van der Waals surface area contributed by atoms with Gasteiger partial charge in [-0.05, 0) is 22.6 Å². The Kier molecular flexibility index (Phi) is 4.11. The molecule has 0 radical (unpaired) electrons. The summed E-state index contributed by atoms with van der Waals surface area (Å²) in [6.07, 6.45) is -5.01. The van der Waals surface area contributed by atoms with E-state index in [9.17, 15) is 22.4 Å². The summed E-state index contributed by atoms with van der Waals surface area (Å²) >= 11 is 1.49. The highest BCUT2D eigenvalue weighted by molar-refractivity contribution is 14.1. The van der Waals surface area contributed by atoms with Crippen LogP contribution in [0.1, 0.15) is 16.1 Å². The molecule has 94 valence electrons. The highest BCUT2D eigenvalue weighted by Gasteiger charge is 2.32. The van der Waals surface area contributed by atoms with Crippen molar-refractivity contribution in [1.82, 2.24) is 4.98 Å². The van der Waals surface area contributed by atoms with Gasteiger partial charge in [-0.2, -0.15) is 0 Å². The van der Waals surface area contributed by atoms with Crippen molar-refractivity contribution in [1.29, 1.82) is 0 Å². The molecule has 0 fully saturated rings. The van der Waals surface area contributed by atoms with Crippen LogP contribution in [0.25, 0.3) is 0 Å². The molecule has 0 saturated heterocycles. The SMILES string of the molecule is O=C(O)c1cc(OC(F)(F)F)nc(CF)c1I. The number of carboxylic acid groups (broad SMARTS) is 1. The van der Waals surface area contributed by atoms with Crippen LogP contribution in [0.2, 0.25) is 0 Å². The van der Waals surface area contributed by atoms with Crippen molar-refractivity contribution >= 4 is 28.6 Å². The van der Waals surface area contributed by atoms with E-state index in [-0.39, 0.29) is 3.57 Å².